The van der Waals surface area contributed by atoms with Crippen molar-refractivity contribution in [2.45, 2.75) is 37.3 Å². The summed E-state index contributed by atoms with van der Waals surface area (Å²) < 4.78 is 65.1. The van der Waals surface area contributed by atoms with E-state index in [2.05, 4.69) is 4.72 Å². The summed E-state index contributed by atoms with van der Waals surface area (Å²) >= 11 is 0. The van der Waals surface area contributed by atoms with Gasteiger partial charge >= 0.3 is 0 Å². The summed E-state index contributed by atoms with van der Waals surface area (Å²) in [7, 11) is -4.48. The van der Waals surface area contributed by atoms with Crippen LogP contribution < -0.4 is 14.2 Å². The Balaban J connectivity index is 1.98. The van der Waals surface area contributed by atoms with Crippen LogP contribution in [0.25, 0.3) is 0 Å². The standard InChI is InChI=1S/C25H35N3O8S2/c1-17-14-28(18(2)16-29)25(30)13-19-12-20(26-38(33,34)22-9-7-21(35-4)8-10-22)6-11-23(19)36-24(17)15-27(3)37(5,31)32/h6-12,17-18,24,26,29H,13-16H2,1-5H3/t17-,18-,24-/m0/s1. The van der Waals surface area contributed by atoms with Gasteiger partial charge in [-0.05, 0) is 49.4 Å². The second-order valence-electron chi connectivity index (χ2n) is 9.54. The minimum absolute atomic E-state index is 0.0369. The summed E-state index contributed by atoms with van der Waals surface area (Å²) in [6.45, 7) is 3.62. The molecule has 0 fully saturated rings. The molecule has 1 aliphatic heterocycles. The second kappa shape index (κ2) is 11.9. The lowest BCUT2D eigenvalue weighted by Crippen LogP contribution is -2.48. The van der Waals surface area contributed by atoms with Crippen molar-refractivity contribution in [1.82, 2.24) is 9.21 Å². The largest absolute Gasteiger partial charge is 0.497 e. The Morgan fingerprint density at radius 2 is 1.84 bits per heavy atom. The number of likely N-dealkylation sites (N-methyl/N-ethyl adjacent to an activating group) is 1. The Morgan fingerprint density at radius 1 is 1.18 bits per heavy atom. The van der Waals surface area contributed by atoms with Crippen LogP contribution in [-0.4, -0.2) is 89.3 Å². The van der Waals surface area contributed by atoms with Gasteiger partial charge < -0.3 is 19.5 Å². The van der Waals surface area contributed by atoms with Crippen molar-refractivity contribution in [2.75, 3.05) is 44.8 Å². The second-order valence-corrected chi connectivity index (χ2v) is 13.3. The first kappa shape index (κ1) is 29.7. The monoisotopic (exact) mass is 569 g/mol. The van der Waals surface area contributed by atoms with Gasteiger partial charge in [-0.15, -0.1) is 0 Å². The molecular weight excluding hydrogens is 534 g/mol. The third-order valence-corrected chi connectivity index (χ3v) is 9.22. The van der Waals surface area contributed by atoms with E-state index >= 15 is 0 Å². The maximum atomic E-state index is 13.3. The van der Waals surface area contributed by atoms with Crippen molar-refractivity contribution in [3.63, 3.8) is 0 Å². The number of rotatable bonds is 9. The Labute approximate surface area is 224 Å². The fourth-order valence-electron chi connectivity index (χ4n) is 4.07. The Hall–Kier alpha value is -2.87. The number of ether oxygens (including phenoxy) is 2. The van der Waals surface area contributed by atoms with E-state index in [1.165, 1.54) is 54.9 Å². The number of anilines is 1. The average molecular weight is 570 g/mol. The lowest BCUT2D eigenvalue weighted by atomic mass is 10.0. The maximum absolute atomic E-state index is 13.3. The number of benzene rings is 2. The van der Waals surface area contributed by atoms with E-state index in [0.717, 1.165) is 6.26 Å². The van der Waals surface area contributed by atoms with Crippen molar-refractivity contribution < 1.29 is 36.2 Å². The average Bonchev–Trinajstić information content (AvgIpc) is 2.90. The molecule has 13 heteroatoms. The van der Waals surface area contributed by atoms with Crippen LogP contribution in [0.15, 0.2) is 47.4 Å². The summed E-state index contributed by atoms with van der Waals surface area (Å²) in [4.78, 5) is 14.9. The van der Waals surface area contributed by atoms with Gasteiger partial charge in [-0.3, -0.25) is 9.52 Å². The number of nitrogens with one attached hydrogen (secondary N) is 1. The van der Waals surface area contributed by atoms with Gasteiger partial charge in [0.25, 0.3) is 10.0 Å². The number of carbonyl (C=O) groups excluding carboxylic acids is 1. The molecule has 38 heavy (non-hydrogen) atoms. The summed E-state index contributed by atoms with van der Waals surface area (Å²) in [6, 6.07) is 10.1. The number of methoxy groups -OCH3 is 1. The fraction of sp³-hybridized carbons (Fsp3) is 0.480. The number of hydrogen-bond donors (Lipinski definition) is 2. The number of carbonyl (C=O) groups is 1. The lowest BCUT2D eigenvalue weighted by Gasteiger charge is -2.33. The maximum Gasteiger partial charge on any atom is 0.261 e. The predicted molar refractivity (Wildman–Crippen MR) is 143 cm³/mol. The molecule has 1 aliphatic rings. The van der Waals surface area contributed by atoms with E-state index in [1.54, 1.807) is 17.9 Å². The number of fused-ring (bicyclic) bond motifs is 1. The van der Waals surface area contributed by atoms with E-state index < -0.39 is 32.2 Å². The Morgan fingerprint density at radius 3 is 2.42 bits per heavy atom. The van der Waals surface area contributed by atoms with Crippen LogP contribution in [0.2, 0.25) is 0 Å². The molecule has 0 saturated carbocycles. The van der Waals surface area contributed by atoms with Gasteiger partial charge in [0.2, 0.25) is 15.9 Å². The van der Waals surface area contributed by atoms with E-state index in [-0.39, 0.29) is 48.5 Å². The van der Waals surface area contributed by atoms with Crippen LogP contribution in [0.3, 0.4) is 0 Å². The van der Waals surface area contributed by atoms with E-state index in [0.29, 0.717) is 17.1 Å². The number of sulfonamides is 2. The van der Waals surface area contributed by atoms with E-state index in [4.69, 9.17) is 9.47 Å². The molecule has 0 spiro atoms. The third-order valence-electron chi connectivity index (χ3n) is 6.54. The highest BCUT2D eigenvalue weighted by molar-refractivity contribution is 7.92. The highest BCUT2D eigenvalue weighted by atomic mass is 32.2. The quantitative estimate of drug-likeness (QED) is 0.463. The van der Waals surface area contributed by atoms with Gasteiger partial charge in [-0.1, -0.05) is 6.92 Å². The molecule has 1 amide bonds. The highest BCUT2D eigenvalue weighted by Gasteiger charge is 2.32. The Kier molecular flexibility index (Phi) is 9.29. The molecule has 0 unspecified atom stereocenters. The topological polar surface area (TPSA) is 143 Å². The van der Waals surface area contributed by atoms with Crippen LogP contribution >= 0.6 is 0 Å². The molecule has 3 atom stereocenters. The van der Waals surface area contributed by atoms with Crippen molar-refractivity contribution in [3.05, 3.63) is 48.0 Å². The summed E-state index contributed by atoms with van der Waals surface area (Å²) in [5.74, 6) is 0.318. The van der Waals surface area contributed by atoms with Crippen LogP contribution in [0.1, 0.15) is 19.4 Å². The molecule has 11 nitrogen and oxygen atoms in total. The normalized spacial score (nSPS) is 19.6. The molecule has 2 N–H and O–H groups in total. The first-order valence-corrected chi connectivity index (χ1v) is 15.4. The van der Waals surface area contributed by atoms with E-state index in [1.807, 2.05) is 6.92 Å². The first-order valence-electron chi connectivity index (χ1n) is 12.0. The highest BCUT2D eigenvalue weighted by Crippen LogP contribution is 2.30. The number of aliphatic hydroxyl groups is 1. The number of amides is 1. The summed E-state index contributed by atoms with van der Waals surface area (Å²) in [6.07, 6.45) is 0.389. The molecule has 0 aromatic heterocycles. The van der Waals surface area contributed by atoms with Crippen LogP contribution in [0, 0.1) is 5.92 Å². The molecule has 0 radical (unpaired) electrons. The van der Waals surface area contributed by atoms with Crippen LogP contribution in [-0.2, 0) is 31.3 Å². The van der Waals surface area contributed by atoms with Gasteiger partial charge in [0.1, 0.15) is 17.6 Å². The third kappa shape index (κ3) is 7.16. The minimum Gasteiger partial charge on any atom is -0.497 e. The van der Waals surface area contributed by atoms with Gasteiger partial charge in [0, 0.05) is 30.8 Å². The van der Waals surface area contributed by atoms with Crippen molar-refractivity contribution in [2.24, 2.45) is 5.92 Å². The lowest BCUT2D eigenvalue weighted by molar-refractivity contribution is -0.134. The van der Waals surface area contributed by atoms with E-state index in [9.17, 15) is 26.7 Å². The van der Waals surface area contributed by atoms with Gasteiger partial charge in [-0.2, -0.15) is 0 Å². The van der Waals surface area contributed by atoms with Gasteiger partial charge in [-0.25, -0.2) is 21.1 Å². The Bertz CT molecular complexity index is 1350. The molecule has 2 aromatic rings. The number of nitrogens with zero attached hydrogens (tertiary/aromatic N) is 2. The molecule has 210 valence electrons. The summed E-state index contributed by atoms with van der Waals surface area (Å²) in [5, 5.41) is 9.75. The van der Waals surface area contributed by atoms with Crippen molar-refractivity contribution in [3.8, 4) is 11.5 Å². The number of aliphatic hydroxyl groups excluding tert-OH is 1. The molecule has 0 saturated heterocycles. The molecule has 1 heterocycles. The number of hydrogen-bond acceptors (Lipinski definition) is 8. The smallest absolute Gasteiger partial charge is 0.261 e. The molecular formula is C25H35N3O8S2. The molecule has 0 aliphatic carbocycles. The zero-order chi connectivity index (χ0) is 28.3. The summed E-state index contributed by atoms with van der Waals surface area (Å²) in [5.41, 5.74) is 0.663. The van der Waals surface area contributed by atoms with Gasteiger partial charge in [0.15, 0.2) is 0 Å². The molecule has 2 aromatic carbocycles. The van der Waals surface area contributed by atoms with Crippen LogP contribution in [0.5, 0.6) is 11.5 Å². The van der Waals surface area contributed by atoms with Crippen LogP contribution in [0.4, 0.5) is 5.69 Å². The fourth-order valence-corrected chi connectivity index (χ4v) is 5.54. The molecule has 0 bridgehead atoms. The zero-order valence-corrected chi connectivity index (χ0v) is 23.8. The molecule has 3 rings (SSSR count). The SMILES string of the molecule is COc1ccc(S(=O)(=O)Nc2ccc3c(c2)CC(=O)N([C@@H](C)CO)C[C@H](C)[C@H](CN(C)S(C)(=O)=O)O3)cc1. The predicted octanol–water partition coefficient (Wildman–Crippen LogP) is 1.54. The minimum atomic E-state index is -3.93. The van der Waals surface area contributed by atoms with Crippen molar-refractivity contribution >= 4 is 31.6 Å². The zero-order valence-electron chi connectivity index (χ0n) is 22.1. The first-order chi connectivity index (χ1) is 17.7. The van der Waals surface area contributed by atoms with Crippen molar-refractivity contribution in [1.29, 1.82) is 0 Å². The van der Waals surface area contributed by atoms with Gasteiger partial charge in [0.05, 0.1) is 43.9 Å².